The van der Waals surface area contributed by atoms with Gasteiger partial charge in [0, 0.05) is 276 Å². The van der Waals surface area contributed by atoms with Crippen LogP contribution in [0, 0.1) is 0 Å². The van der Waals surface area contributed by atoms with E-state index in [0.717, 1.165) is 9.80 Å². The van der Waals surface area contributed by atoms with Crippen molar-refractivity contribution in [1.29, 1.82) is 0 Å². The van der Waals surface area contributed by atoms with Crippen LogP contribution in [0.3, 0.4) is 0 Å². The third-order valence-electron chi connectivity index (χ3n) is 4.31. The third kappa shape index (κ3) is 18.5. The number of ether oxygens (including phenoxy) is 2. The van der Waals surface area contributed by atoms with Crippen molar-refractivity contribution in [1.82, 2.24) is 0 Å². The Bertz CT molecular complexity index is 931. The number of benzene rings is 2. The Morgan fingerprint density at radius 3 is 1.05 bits per heavy atom. The van der Waals surface area contributed by atoms with Crippen LogP contribution >= 0.6 is 0 Å². The van der Waals surface area contributed by atoms with Crippen molar-refractivity contribution in [3.63, 3.8) is 0 Å². The van der Waals surface area contributed by atoms with Gasteiger partial charge < -0.3 is 39.7 Å². The molecule has 4 N–H and O–H groups in total. The number of carboxylic acids is 4. The van der Waals surface area contributed by atoms with Gasteiger partial charge >= 0.3 is 23.9 Å². The molecule has 0 aliphatic carbocycles. The van der Waals surface area contributed by atoms with Crippen molar-refractivity contribution in [2.24, 2.45) is 0 Å². The van der Waals surface area contributed by atoms with E-state index in [4.69, 9.17) is 29.9 Å². The predicted molar refractivity (Wildman–Crippen MR) is 142 cm³/mol. The van der Waals surface area contributed by atoms with E-state index in [2.05, 4.69) is 0 Å². The fourth-order valence-electron chi connectivity index (χ4n) is 3.09. The largest absolute Gasteiger partial charge is 0.488 e. The topological polar surface area (TPSA) is 174 Å². The molecular weight excluding hydrogens is 984 g/mol. The number of anilines is 2. The van der Waals surface area contributed by atoms with E-state index >= 15 is 0 Å². The summed E-state index contributed by atoms with van der Waals surface area (Å²) in [4.78, 5) is 46.9. The normalized spacial score (nSPS) is 9.16. The molecule has 0 bridgehead atoms. The van der Waals surface area contributed by atoms with Gasteiger partial charge in [-0.15, -0.1) is 0 Å². The summed E-state index contributed by atoms with van der Waals surface area (Å²) in [6, 6.07) is 12.7. The average molecular weight is 1010 g/mol. The predicted octanol–water partition coefficient (Wildman–Crippen LogP) is -0.428. The van der Waals surface area contributed by atoms with Gasteiger partial charge in [0.15, 0.2) is 0 Å². The van der Waals surface area contributed by atoms with Gasteiger partial charge in [0.1, 0.15) is 50.9 Å². The first-order valence-corrected chi connectivity index (χ1v) is 9.98. The fourth-order valence-corrected chi connectivity index (χ4v) is 3.09. The summed E-state index contributed by atoms with van der Waals surface area (Å²) in [7, 11) is 0. The van der Waals surface area contributed by atoms with Crippen molar-refractivity contribution in [2.75, 3.05) is 49.2 Å². The molecule has 186 valence electrons. The van der Waals surface area contributed by atoms with Crippen molar-refractivity contribution in [3.05, 3.63) is 48.5 Å². The molecule has 2 rings (SSSR count). The summed E-state index contributed by atoms with van der Waals surface area (Å²) in [5.41, 5.74) is 0.559. The van der Waals surface area contributed by atoms with Gasteiger partial charge in [-0.25, -0.2) is 0 Å². The van der Waals surface area contributed by atoms with Crippen LogP contribution in [0.25, 0.3) is 0 Å². The summed E-state index contributed by atoms with van der Waals surface area (Å²) in [5, 5.41) is 36.4. The number of hydrogen-bond acceptors (Lipinski definition) is 8. The zero-order valence-electron chi connectivity index (χ0n) is 22.0. The third-order valence-corrected chi connectivity index (χ3v) is 4.31. The molecule has 0 heterocycles. The second-order valence-corrected chi connectivity index (χ2v) is 6.92. The molecule has 12 nitrogen and oxygen atoms in total. The maximum absolute atomic E-state index is 11.1. The minimum absolute atomic E-state index is 0. The Kier molecular flexibility index (Phi) is 31.6. The molecule has 4 radical (unpaired) electrons. The summed E-state index contributed by atoms with van der Waals surface area (Å²) >= 11 is 0. The molecule has 0 aliphatic heterocycles. The number of nitrogens with zero attached hydrogens (tertiary/aromatic N) is 2. The first kappa shape index (κ1) is 46.1. The second kappa shape index (κ2) is 26.0. The average Bonchev–Trinajstić information content (AvgIpc) is 2.75. The number of carboxylic acid groups (broad SMARTS) is 4. The van der Waals surface area contributed by atoms with Gasteiger partial charge in [-0.1, -0.05) is 24.3 Å². The molecule has 0 aromatic heterocycles. The van der Waals surface area contributed by atoms with Gasteiger partial charge in [0.05, 0.1) is 11.4 Å². The van der Waals surface area contributed by atoms with Crippen LogP contribution in [-0.4, -0.2) is 359 Å². The Morgan fingerprint density at radius 2 is 0.789 bits per heavy atom. The van der Waals surface area contributed by atoms with Crippen LogP contribution < -0.4 is 19.3 Å². The molecule has 0 amide bonds. The molecule has 0 aliphatic rings. The molecule has 0 spiro atoms. The van der Waals surface area contributed by atoms with Crippen molar-refractivity contribution in [3.8, 4) is 11.5 Å². The first-order chi connectivity index (χ1) is 16.2. The van der Waals surface area contributed by atoms with Crippen LogP contribution in [-0.2, 0) is 19.2 Å². The van der Waals surface area contributed by atoms with Crippen LogP contribution in [0.4, 0.5) is 11.4 Å². The first-order valence-electron chi connectivity index (χ1n) is 9.98. The SMILES string of the molecule is O=C(O)CN(CC(=O)O)c1ccccc1OCCOc1ccccc1N(CC(=O)O)CC(=O)O.[Cs].[Cs].[Cs].[Cs]. The molecule has 2 aromatic rings. The van der Waals surface area contributed by atoms with Crippen LogP contribution in [0.2, 0.25) is 0 Å². The Labute approximate surface area is 455 Å². The van der Waals surface area contributed by atoms with E-state index < -0.39 is 50.1 Å². The quantitative estimate of drug-likeness (QED) is 0.170. The minimum atomic E-state index is -1.21. The minimum Gasteiger partial charge on any atom is -0.488 e. The maximum atomic E-state index is 11.1. The van der Waals surface area contributed by atoms with Crippen molar-refractivity contribution >= 4 is 311 Å². The monoisotopic (exact) mass is 1010 g/mol. The van der Waals surface area contributed by atoms with Crippen LogP contribution in [0.5, 0.6) is 11.5 Å². The van der Waals surface area contributed by atoms with Crippen LogP contribution in [0.15, 0.2) is 48.5 Å². The molecule has 16 heteroatoms. The second-order valence-electron chi connectivity index (χ2n) is 6.92. The van der Waals surface area contributed by atoms with Gasteiger partial charge in [-0.3, -0.25) is 19.2 Å². The smallest absolute Gasteiger partial charge is 0.323 e. The summed E-state index contributed by atoms with van der Waals surface area (Å²) in [6.45, 7) is -2.20. The molecular formula is C22H24Cs4N2O10. The molecule has 38 heavy (non-hydrogen) atoms. The van der Waals surface area contributed by atoms with Crippen LogP contribution in [0.1, 0.15) is 0 Å². The fraction of sp³-hybridized carbons (Fsp3) is 0.273. The molecule has 0 unspecified atom stereocenters. The Morgan fingerprint density at radius 1 is 0.526 bits per heavy atom. The van der Waals surface area contributed by atoms with Crippen molar-refractivity contribution < 1.29 is 49.1 Å². The number of aliphatic carboxylic acids is 4. The van der Waals surface area contributed by atoms with E-state index in [1.807, 2.05) is 0 Å². The van der Waals surface area contributed by atoms with Gasteiger partial charge in [-0.05, 0) is 24.3 Å². The molecule has 2 aromatic carbocycles. The molecule has 0 saturated carbocycles. The standard InChI is InChI=1S/C22H24N2O10.4Cs/c25-19(26)11-23(12-20(27)28)15-5-1-3-7-17(15)33-9-10-34-18-8-4-2-6-16(18)24(13-21(29)30)14-22(31)32;;;;/h1-8H,9-14H2,(H,25,26)(H,27,28)(H,29,30)(H,31,32);;;;. The number of para-hydroxylation sites is 4. The van der Waals surface area contributed by atoms with E-state index in [0.29, 0.717) is 0 Å². The molecule has 0 saturated heterocycles. The van der Waals surface area contributed by atoms with E-state index in [-0.39, 0.29) is 312 Å². The maximum Gasteiger partial charge on any atom is 0.323 e. The Balaban J connectivity index is -0.00000306. The molecule has 0 fully saturated rings. The summed E-state index contributed by atoms with van der Waals surface area (Å²) in [6.07, 6.45) is 0. The van der Waals surface area contributed by atoms with Gasteiger partial charge in [0.25, 0.3) is 0 Å². The number of hydrogen-bond donors (Lipinski definition) is 4. The van der Waals surface area contributed by atoms with E-state index in [9.17, 15) is 19.2 Å². The van der Waals surface area contributed by atoms with E-state index in [1.54, 1.807) is 36.4 Å². The number of rotatable bonds is 15. The zero-order valence-corrected chi connectivity index (χ0v) is 47.1. The van der Waals surface area contributed by atoms with E-state index in [1.165, 1.54) is 12.1 Å². The summed E-state index contributed by atoms with van der Waals surface area (Å²) < 4.78 is 11.4. The summed E-state index contributed by atoms with van der Waals surface area (Å²) in [5.74, 6) is -4.32. The van der Waals surface area contributed by atoms with Gasteiger partial charge in [-0.2, -0.15) is 0 Å². The molecule has 0 atom stereocenters. The number of carbonyl (C=O) groups is 4. The van der Waals surface area contributed by atoms with Crippen molar-refractivity contribution in [2.45, 2.75) is 0 Å². The zero-order chi connectivity index (χ0) is 25.1. The van der Waals surface area contributed by atoms with Gasteiger partial charge in [0.2, 0.25) is 0 Å². The Hall–Kier alpha value is 3.73.